The molecule has 7 heteroatoms. The lowest BCUT2D eigenvalue weighted by Crippen LogP contribution is -2.39. The van der Waals surface area contributed by atoms with Crippen LogP contribution in [0, 0.1) is 0 Å². The van der Waals surface area contributed by atoms with Crippen molar-refractivity contribution in [2.75, 3.05) is 23.4 Å². The van der Waals surface area contributed by atoms with Crippen molar-refractivity contribution in [3.8, 4) is 5.75 Å². The van der Waals surface area contributed by atoms with Crippen LogP contribution >= 0.6 is 0 Å². The molecular formula is C18H20N4O3. The average molecular weight is 340 g/mol. The van der Waals surface area contributed by atoms with Crippen LogP contribution in [0.3, 0.4) is 0 Å². The highest BCUT2D eigenvalue weighted by atomic mass is 16.5. The maximum atomic E-state index is 12.3. The quantitative estimate of drug-likeness (QED) is 0.875. The first-order chi connectivity index (χ1) is 12.2. The average Bonchev–Trinajstić information content (AvgIpc) is 2.97. The second-order valence-corrected chi connectivity index (χ2v) is 5.67. The molecule has 0 radical (unpaired) electrons. The molecule has 7 nitrogen and oxygen atoms in total. The molecule has 0 bridgehead atoms. The van der Waals surface area contributed by atoms with E-state index in [1.165, 1.54) is 0 Å². The Balaban J connectivity index is 1.57. The molecule has 1 saturated heterocycles. The number of carbonyl (C=O) groups is 2. The number of hydrogen-bond donors (Lipinski definition) is 2. The first-order valence-electron chi connectivity index (χ1n) is 8.16. The summed E-state index contributed by atoms with van der Waals surface area (Å²) in [4.78, 5) is 29.9. The van der Waals surface area contributed by atoms with Crippen LogP contribution in [-0.4, -0.2) is 36.1 Å². The first kappa shape index (κ1) is 16.8. The fourth-order valence-corrected chi connectivity index (χ4v) is 2.73. The predicted octanol–water partition coefficient (Wildman–Crippen LogP) is 2.41. The third-order valence-electron chi connectivity index (χ3n) is 3.86. The van der Waals surface area contributed by atoms with Crippen molar-refractivity contribution in [2.45, 2.75) is 19.4 Å². The number of ether oxygens (including phenoxy) is 1. The number of hydrogen-bond acceptors (Lipinski definition) is 4. The van der Waals surface area contributed by atoms with Crippen molar-refractivity contribution in [1.29, 1.82) is 0 Å². The zero-order valence-corrected chi connectivity index (χ0v) is 13.9. The molecule has 0 spiro atoms. The van der Waals surface area contributed by atoms with Crippen molar-refractivity contribution in [3.63, 3.8) is 0 Å². The molecule has 1 aromatic carbocycles. The van der Waals surface area contributed by atoms with Gasteiger partial charge in [-0.15, -0.1) is 0 Å². The molecule has 3 amide bonds. The number of pyridine rings is 1. The van der Waals surface area contributed by atoms with Gasteiger partial charge in [-0.25, -0.2) is 4.79 Å². The van der Waals surface area contributed by atoms with Gasteiger partial charge in [-0.05, 0) is 43.3 Å². The highest BCUT2D eigenvalue weighted by molar-refractivity contribution is 5.97. The number of nitrogens with zero attached hydrogens (tertiary/aromatic N) is 2. The molecule has 1 fully saturated rings. The van der Waals surface area contributed by atoms with E-state index in [1.54, 1.807) is 29.4 Å². The van der Waals surface area contributed by atoms with Gasteiger partial charge in [-0.3, -0.25) is 9.78 Å². The number of rotatable bonds is 5. The van der Waals surface area contributed by atoms with Gasteiger partial charge in [0.05, 0.1) is 12.6 Å². The summed E-state index contributed by atoms with van der Waals surface area (Å²) in [6.45, 7) is 2.96. The normalized spacial score (nSPS) is 16.6. The van der Waals surface area contributed by atoms with E-state index in [1.807, 2.05) is 31.2 Å². The van der Waals surface area contributed by atoms with Crippen LogP contribution in [0.1, 0.15) is 13.3 Å². The van der Waals surface area contributed by atoms with E-state index in [0.717, 1.165) is 11.4 Å². The van der Waals surface area contributed by atoms with Crippen LogP contribution in [0.2, 0.25) is 0 Å². The van der Waals surface area contributed by atoms with Crippen molar-refractivity contribution in [1.82, 2.24) is 10.3 Å². The standard InChI is InChI=1S/C18H20N4O3/c1-2-25-16-5-3-15(4-6-16)22-12-14(11-17(22)23)21-18(24)20-13-7-9-19-10-8-13/h3-10,14H,2,11-12H2,1H3,(H2,19,20,21,24)/t14-/m0/s1. The van der Waals surface area contributed by atoms with E-state index in [9.17, 15) is 9.59 Å². The maximum Gasteiger partial charge on any atom is 0.319 e. The Hall–Kier alpha value is -3.09. The Labute approximate surface area is 146 Å². The predicted molar refractivity (Wildman–Crippen MR) is 94.8 cm³/mol. The summed E-state index contributed by atoms with van der Waals surface area (Å²) in [6, 6.07) is 10.2. The maximum absolute atomic E-state index is 12.3. The molecule has 130 valence electrons. The molecule has 25 heavy (non-hydrogen) atoms. The molecule has 0 aliphatic carbocycles. The van der Waals surface area contributed by atoms with Crippen LogP contribution < -0.4 is 20.3 Å². The number of benzene rings is 1. The Morgan fingerprint density at radius 1 is 1.24 bits per heavy atom. The van der Waals surface area contributed by atoms with Gasteiger partial charge in [0.2, 0.25) is 5.91 Å². The number of nitrogens with one attached hydrogen (secondary N) is 2. The molecule has 2 heterocycles. The molecule has 1 aliphatic heterocycles. The van der Waals surface area contributed by atoms with Gasteiger partial charge in [0.1, 0.15) is 5.75 Å². The largest absolute Gasteiger partial charge is 0.494 e. The zero-order chi connectivity index (χ0) is 17.6. The summed E-state index contributed by atoms with van der Waals surface area (Å²) < 4.78 is 5.41. The molecule has 1 aromatic heterocycles. The van der Waals surface area contributed by atoms with E-state index >= 15 is 0 Å². The zero-order valence-electron chi connectivity index (χ0n) is 13.9. The molecule has 0 saturated carbocycles. The number of urea groups is 1. The Kier molecular flexibility index (Phi) is 5.13. The number of carbonyl (C=O) groups excluding carboxylic acids is 2. The van der Waals surface area contributed by atoms with Crippen LogP contribution in [-0.2, 0) is 4.79 Å². The van der Waals surface area contributed by atoms with E-state index in [-0.39, 0.29) is 24.4 Å². The van der Waals surface area contributed by atoms with Crippen molar-refractivity contribution < 1.29 is 14.3 Å². The van der Waals surface area contributed by atoms with Crippen molar-refractivity contribution in [2.24, 2.45) is 0 Å². The minimum Gasteiger partial charge on any atom is -0.494 e. The van der Waals surface area contributed by atoms with Gasteiger partial charge >= 0.3 is 6.03 Å². The smallest absolute Gasteiger partial charge is 0.319 e. The lowest BCUT2D eigenvalue weighted by molar-refractivity contribution is -0.117. The third kappa shape index (κ3) is 4.26. The monoisotopic (exact) mass is 340 g/mol. The molecule has 0 unspecified atom stereocenters. The summed E-state index contributed by atoms with van der Waals surface area (Å²) in [7, 11) is 0. The summed E-state index contributed by atoms with van der Waals surface area (Å²) in [6.07, 6.45) is 3.47. The van der Waals surface area contributed by atoms with E-state index < -0.39 is 0 Å². The minimum atomic E-state index is -0.336. The topological polar surface area (TPSA) is 83.6 Å². The summed E-state index contributed by atoms with van der Waals surface area (Å²) in [5.41, 5.74) is 1.45. The fraction of sp³-hybridized carbons (Fsp3) is 0.278. The van der Waals surface area contributed by atoms with E-state index in [0.29, 0.717) is 18.8 Å². The lowest BCUT2D eigenvalue weighted by atomic mass is 10.2. The molecule has 1 atom stereocenters. The molecule has 1 aliphatic rings. The molecular weight excluding hydrogens is 320 g/mol. The SMILES string of the molecule is CCOc1ccc(N2C[C@@H](NC(=O)Nc3ccncc3)CC2=O)cc1. The summed E-state index contributed by atoms with van der Waals surface area (Å²) in [5, 5.41) is 5.55. The third-order valence-corrected chi connectivity index (χ3v) is 3.86. The summed E-state index contributed by atoms with van der Waals surface area (Å²) in [5.74, 6) is 0.752. The number of amides is 3. The number of anilines is 2. The molecule has 2 N–H and O–H groups in total. The van der Waals surface area contributed by atoms with Crippen LogP contribution in [0.15, 0.2) is 48.8 Å². The van der Waals surface area contributed by atoms with Gasteiger partial charge < -0.3 is 20.3 Å². The lowest BCUT2D eigenvalue weighted by Gasteiger charge is -2.18. The van der Waals surface area contributed by atoms with Gasteiger partial charge in [-0.2, -0.15) is 0 Å². The Morgan fingerprint density at radius 3 is 2.64 bits per heavy atom. The van der Waals surface area contributed by atoms with E-state index in [2.05, 4.69) is 15.6 Å². The van der Waals surface area contributed by atoms with Gasteiger partial charge in [-0.1, -0.05) is 0 Å². The van der Waals surface area contributed by atoms with E-state index in [4.69, 9.17) is 4.74 Å². The first-order valence-corrected chi connectivity index (χ1v) is 8.16. The molecule has 2 aromatic rings. The van der Waals surface area contributed by atoms with Crippen molar-refractivity contribution in [3.05, 3.63) is 48.8 Å². The summed E-state index contributed by atoms with van der Waals surface area (Å²) >= 11 is 0. The second-order valence-electron chi connectivity index (χ2n) is 5.67. The Morgan fingerprint density at radius 2 is 1.96 bits per heavy atom. The van der Waals surface area contributed by atoms with Gasteiger partial charge in [0.15, 0.2) is 0 Å². The highest BCUT2D eigenvalue weighted by Gasteiger charge is 2.31. The highest BCUT2D eigenvalue weighted by Crippen LogP contribution is 2.24. The van der Waals surface area contributed by atoms with Crippen molar-refractivity contribution >= 4 is 23.3 Å². The fourth-order valence-electron chi connectivity index (χ4n) is 2.73. The Bertz CT molecular complexity index is 734. The van der Waals surface area contributed by atoms with Gasteiger partial charge in [0.25, 0.3) is 0 Å². The van der Waals surface area contributed by atoms with Crippen LogP contribution in [0.25, 0.3) is 0 Å². The van der Waals surface area contributed by atoms with Crippen LogP contribution in [0.4, 0.5) is 16.2 Å². The molecule has 3 rings (SSSR count). The number of aromatic nitrogens is 1. The van der Waals surface area contributed by atoms with Crippen LogP contribution in [0.5, 0.6) is 5.75 Å². The second kappa shape index (κ2) is 7.65. The van der Waals surface area contributed by atoms with Gasteiger partial charge in [0, 0.05) is 36.7 Å². The minimum absolute atomic E-state index is 0.0154.